The molecule has 0 aliphatic rings. The average molecular weight is 404 g/mol. The van der Waals surface area contributed by atoms with Crippen LogP contribution in [0.4, 0.5) is 0 Å². The van der Waals surface area contributed by atoms with E-state index in [0.717, 1.165) is 0 Å². The maximum Gasteiger partial charge on any atom is 0.242 e. The predicted molar refractivity (Wildman–Crippen MR) is 107 cm³/mol. The number of methoxy groups -OCH3 is 2. The number of amides is 2. The van der Waals surface area contributed by atoms with Gasteiger partial charge in [-0.05, 0) is 32.0 Å². The van der Waals surface area contributed by atoms with Crippen molar-refractivity contribution in [2.75, 3.05) is 40.9 Å². The van der Waals surface area contributed by atoms with Crippen molar-refractivity contribution in [3.63, 3.8) is 0 Å². The SMILES string of the molecule is CCN(CC)C(=O)CN(C)C(=O)CCc1nc(-c2ccc(OC)c(OC)c2)no1. The molecule has 0 spiro atoms. The maximum absolute atomic E-state index is 12.3. The van der Waals surface area contributed by atoms with Gasteiger partial charge in [0.1, 0.15) is 0 Å². The lowest BCUT2D eigenvalue weighted by Crippen LogP contribution is -2.41. The summed E-state index contributed by atoms with van der Waals surface area (Å²) >= 11 is 0. The Morgan fingerprint density at radius 3 is 2.38 bits per heavy atom. The number of rotatable bonds is 10. The number of aryl methyl sites for hydroxylation is 1. The summed E-state index contributed by atoms with van der Waals surface area (Å²) in [6.07, 6.45) is 0.471. The summed E-state index contributed by atoms with van der Waals surface area (Å²) in [4.78, 5) is 31.9. The normalized spacial score (nSPS) is 10.5. The van der Waals surface area contributed by atoms with Crippen molar-refractivity contribution in [3.8, 4) is 22.9 Å². The van der Waals surface area contributed by atoms with Crippen LogP contribution in [-0.4, -0.2) is 72.7 Å². The van der Waals surface area contributed by atoms with Gasteiger partial charge >= 0.3 is 0 Å². The minimum Gasteiger partial charge on any atom is -0.493 e. The number of hydrogen-bond acceptors (Lipinski definition) is 7. The maximum atomic E-state index is 12.3. The molecule has 0 unspecified atom stereocenters. The van der Waals surface area contributed by atoms with E-state index in [9.17, 15) is 9.59 Å². The molecule has 2 aromatic rings. The molecule has 1 aromatic heterocycles. The molecule has 158 valence electrons. The van der Waals surface area contributed by atoms with Crippen LogP contribution in [-0.2, 0) is 16.0 Å². The van der Waals surface area contributed by atoms with E-state index < -0.39 is 0 Å². The van der Waals surface area contributed by atoms with Crippen LogP contribution in [0, 0.1) is 0 Å². The lowest BCUT2D eigenvalue weighted by Gasteiger charge is -2.23. The van der Waals surface area contributed by atoms with Crippen molar-refractivity contribution in [1.82, 2.24) is 19.9 Å². The van der Waals surface area contributed by atoms with Gasteiger partial charge in [0.25, 0.3) is 0 Å². The summed E-state index contributed by atoms with van der Waals surface area (Å²) in [7, 11) is 4.73. The molecule has 9 nitrogen and oxygen atoms in total. The van der Waals surface area contributed by atoms with Crippen LogP contribution in [0.15, 0.2) is 22.7 Å². The van der Waals surface area contributed by atoms with Gasteiger partial charge in [0.15, 0.2) is 11.5 Å². The molecule has 1 heterocycles. The Morgan fingerprint density at radius 1 is 1.07 bits per heavy atom. The molecule has 0 saturated carbocycles. The van der Waals surface area contributed by atoms with Gasteiger partial charge in [-0.25, -0.2) is 0 Å². The molecule has 0 fully saturated rings. The molecule has 0 saturated heterocycles. The minimum absolute atomic E-state index is 0.0568. The fourth-order valence-electron chi connectivity index (χ4n) is 2.82. The number of hydrogen-bond donors (Lipinski definition) is 0. The number of nitrogens with zero attached hydrogens (tertiary/aromatic N) is 4. The monoisotopic (exact) mass is 404 g/mol. The Morgan fingerprint density at radius 2 is 1.76 bits per heavy atom. The zero-order valence-electron chi connectivity index (χ0n) is 17.6. The van der Waals surface area contributed by atoms with E-state index in [4.69, 9.17) is 14.0 Å². The zero-order valence-corrected chi connectivity index (χ0v) is 17.6. The summed E-state index contributed by atoms with van der Waals surface area (Å²) in [5.41, 5.74) is 0.714. The highest BCUT2D eigenvalue weighted by atomic mass is 16.5. The Kier molecular flexibility index (Phi) is 7.99. The lowest BCUT2D eigenvalue weighted by atomic mass is 10.2. The molecular weight excluding hydrogens is 376 g/mol. The second-order valence-electron chi connectivity index (χ2n) is 6.40. The van der Waals surface area contributed by atoms with Gasteiger partial charge < -0.3 is 23.8 Å². The largest absolute Gasteiger partial charge is 0.493 e. The van der Waals surface area contributed by atoms with E-state index in [1.54, 1.807) is 44.4 Å². The third kappa shape index (κ3) is 5.69. The molecule has 2 amide bonds. The number of ether oxygens (including phenoxy) is 2. The van der Waals surface area contributed by atoms with Crippen molar-refractivity contribution in [2.24, 2.45) is 0 Å². The summed E-state index contributed by atoms with van der Waals surface area (Å²) in [6.45, 7) is 5.13. The van der Waals surface area contributed by atoms with Gasteiger partial charge in [-0.15, -0.1) is 0 Å². The molecule has 29 heavy (non-hydrogen) atoms. The number of likely N-dealkylation sites (N-methyl/N-ethyl adjacent to an activating group) is 2. The number of aromatic nitrogens is 2. The fraction of sp³-hybridized carbons (Fsp3) is 0.500. The second-order valence-corrected chi connectivity index (χ2v) is 6.40. The number of carbonyl (C=O) groups excluding carboxylic acids is 2. The Labute approximate surface area is 170 Å². The van der Waals surface area contributed by atoms with Gasteiger partial charge in [0.2, 0.25) is 23.5 Å². The average Bonchev–Trinajstić information content (AvgIpc) is 3.21. The Balaban J connectivity index is 1.95. The second kappa shape index (κ2) is 10.4. The molecular formula is C20H28N4O5. The van der Waals surface area contributed by atoms with Crippen molar-refractivity contribution < 1.29 is 23.6 Å². The van der Waals surface area contributed by atoms with Crippen molar-refractivity contribution >= 4 is 11.8 Å². The molecule has 0 aliphatic heterocycles. The minimum atomic E-state index is -0.156. The van der Waals surface area contributed by atoms with Crippen LogP contribution in [0.1, 0.15) is 26.2 Å². The summed E-state index contributed by atoms with van der Waals surface area (Å²) in [5.74, 6) is 1.69. The third-order valence-corrected chi connectivity index (χ3v) is 4.58. The molecule has 0 N–H and O–H groups in total. The molecule has 0 radical (unpaired) electrons. The first-order valence-corrected chi connectivity index (χ1v) is 9.50. The Bertz CT molecular complexity index is 832. The highest BCUT2D eigenvalue weighted by Crippen LogP contribution is 2.31. The molecule has 2 rings (SSSR count). The molecule has 0 bridgehead atoms. The highest BCUT2D eigenvalue weighted by Gasteiger charge is 2.18. The van der Waals surface area contributed by atoms with Gasteiger partial charge in [0.05, 0.1) is 20.8 Å². The van der Waals surface area contributed by atoms with Gasteiger partial charge in [-0.1, -0.05) is 5.16 Å². The van der Waals surface area contributed by atoms with Crippen molar-refractivity contribution in [1.29, 1.82) is 0 Å². The predicted octanol–water partition coefficient (Wildman–Crippen LogP) is 2.01. The van der Waals surface area contributed by atoms with Gasteiger partial charge in [-0.3, -0.25) is 9.59 Å². The van der Waals surface area contributed by atoms with Crippen LogP contribution in [0.3, 0.4) is 0 Å². The molecule has 1 aromatic carbocycles. The van der Waals surface area contributed by atoms with Crippen LogP contribution in [0.25, 0.3) is 11.4 Å². The van der Waals surface area contributed by atoms with Gasteiger partial charge in [0, 0.05) is 38.5 Å². The van der Waals surface area contributed by atoms with E-state index in [2.05, 4.69) is 10.1 Å². The summed E-state index contributed by atoms with van der Waals surface area (Å²) in [6, 6.07) is 5.31. The standard InChI is InChI=1S/C20H28N4O5/c1-6-24(7-2)19(26)13-23(3)18(25)11-10-17-21-20(22-29-17)14-8-9-15(27-4)16(12-14)28-5/h8-9,12H,6-7,10-11,13H2,1-5H3. The van der Waals surface area contributed by atoms with Gasteiger partial charge in [-0.2, -0.15) is 4.98 Å². The van der Waals surface area contributed by atoms with Crippen LogP contribution >= 0.6 is 0 Å². The topological polar surface area (TPSA) is 98.0 Å². The molecule has 0 atom stereocenters. The fourth-order valence-corrected chi connectivity index (χ4v) is 2.82. The molecule has 9 heteroatoms. The van der Waals surface area contributed by atoms with Crippen LogP contribution in [0.5, 0.6) is 11.5 Å². The number of benzene rings is 1. The van der Waals surface area contributed by atoms with Crippen molar-refractivity contribution in [3.05, 3.63) is 24.1 Å². The zero-order chi connectivity index (χ0) is 21.4. The van der Waals surface area contributed by atoms with E-state index in [1.807, 2.05) is 13.8 Å². The number of carbonyl (C=O) groups is 2. The summed E-state index contributed by atoms with van der Waals surface area (Å²) < 4.78 is 15.8. The van der Waals surface area contributed by atoms with Crippen LogP contribution < -0.4 is 9.47 Å². The smallest absolute Gasteiger partial charge is 0.242 e. The summed E-state index contributed by atoms with van der Waals surface area (Å²) in [5, 5.41) is 3.97. The first kappa shape index (κ1) is 22.2. The van der Waals surface area contributed by atoms with Crippen LogP contribution in [0.2, 0.25) is 0 Å². The van der Waals surface area contributed by atoms with E-state index >= 15 is 0 Å². The van der Waals surface area contributed by atoms with E-state index in [1.165, 1.54) is 4.90 Å². The molecule has 0 aliphatic carbocycles. The first-order chi connectivity index (χ1) is 13.9. The van der Waals surface area contributed by atoms with E-state index in [0.29, 0.717) is 48.3 Å². The van der Waals surface area contributed by atoms with Crippen molar-refractivity contribution in [2.45, 2.75) is 26.7 Å². The van der Waals surface area contributed by atoms with E-state index in [-0.39, 0.29) is 24.8 Å². The Hall–Kier alpha value is -3.10. The lowest BCUT2D eigenvalue weighted by molar-refractivity contribution is -0.139. The quantitative estimate of drug-likeness (QED) is 0.597. The third-order valence-electron chi connectivity index (χ3n) is 4.58. The first-order valence-electron chi connectivity index (χ1n) is 9.50. The highest BCUT2D eigenvalue weighted by molar-refractivity contribution is 5.84.